The number of hydrogen-bond donors (Lipinski definition) is 3. The SMILES string of the molecule is Cc1ccc(C(=O)NC(=S)Nn2c(C)n[nH]c2=S)cc1. The molecule has 2 aromatic rings. The second-order valence-electron chi connectivity index (χ2n) is 4.17. The van der Waals surface area contributed by atoms with Gasteiger partial charge >= 0.3 is 0 Å². The lowest BCUT2D eigenvalue weighted by Gasteiger charge is -2.10. The lowest BCUT2D eigenvalue weighted by molar-refractivity contribution is 0.0977. The zero-order chi connectivity index (χ0) is 14.7. The van der Waals surface area contributed by atoms with Crippen LogP contribution in [0.3, 0.4) is 0 Å². The molecule has 0 fully saturated rings. The first kappa shape index (κ1) is 14.4. The van der Waals surface area contributed by atoms with Gasteiger partial charge in [0.15, 0.2) is 5.11 Å². The Morgan fingerprint density at radius 3 is 2.50 bits per heavy atom. The second-order valence-corrected chi connectivity index (χ2v) is 4.97. The summed E-state index contributed by atoms with van der Waals surface area (Å²) in [4.78, 5) is 12.0. The molecule has 1 amide bonds. The van der Waals surface area contributed by atoms with E-state index in [-0.39, 0.29) is 11.0 Å². The minimum atomic E-state index is -0.282. The van der Waals surface area contributed by atoms with E-state index in [1.165, 1.54) is 4.68 Å². The van der Waals surface area contributed by atoms with Crippen LogP contribution in [0.1, 0.15) is 21.7 Å². The Bertz CT molecular complexity index is 701. The number of thiocarbonyl (C=S) groups is 1. The van der Waals surface area contributed by atoms with Crippen molar-refractivity contribution < 1.29 is 4.79 Å². The number of carbonyl (C=O) groups is 1. The molecule has 8 heteroatoms. The van der Waals surface area contributed by atoms with Gasteiger partial charge in [0.25, 0.3) is 5.91 Å². The van der Waals surface area contributed by atoms with Gasteiger partial charge in [0.1, 0.15) is 5.82 Å². The fourth-order valence-corrected chi connectivity index (χ4v) is 1.92. The van der Waals surface area contributed by atoms with Crippen LogP contribution in [-0.4, -0.2) is 25.9 Å². The van der Waals surface area contributed by atoms with Crippen LogP contribution in [0.2, 0.25) is 0 Å². The predicted molar refractivity (Wildman–Crippen MR) is 82.8 cm³/mol. The van der Waals surface area contributed by atoms with Gasteiger partial charge in [-0.05, 0) is 50.4 Å². The molecule has 20 heavy (non-hydrogen) atoms. The zero-order valence-electron chi connectivity index (χ0n) is 10.9. The number of rotatable bonds is 2. The normalized spacial score (nSPS) is 10.1. The van der Waals surface area contributed by atoms with Crippen LogP contribution >= 0.6 is 24.4 Å². The van der Waals surface area contributed by atoms with Crippen molar-refractivity contribution in [3.05, 3.63) is 46.0 Å². The zero-order valence-corrected chi connectivity index (χ0v) is 12.6. The molecule has 1 aromatic carbocycles. The van der Waals surface area contributed by atoms with E-state index in [4.69, 9.17) is 24.4 Å². The molecule has 3 N–H and O–H groups in total. The summed E-state index contributed by atoms with van der Waals surface area (Å²) in [6.07, 6.45) is 0. The van der Waals surface area contributed by atoms with Gasteiger partial charge in [0, 0.05) is 5.56 Å². The minimum Gasteiger partial charge on any atom is -0.298 e. The molecular formula is C12H13N5OS2. The van der Waals surface area contributed by atoms with Crippen molar-refractivity contribution in [2.75, 3.05) is 5.43 Å². The van der Waals surface area contributed by atoms with Crippen LogP contribution in [0.4, 0.5) is 0 Å². The summed E-state index contributed by atoms with van der Waals surface area (Å²) in [7, 11) is 0. The Labute approximate surface area is 126 Å². The van der Waals surface area contributed by atoms with E-state index >= 15 is 0 Å². The van der Waals surface area contributed by atoms with Crippen molar-refractivity contribution in [1.82, 2.24) is 20.2 Å². The van der Waals surface area contributed by atoms with Gasteiger partial charge in [-0.15, -0.1) is 0 Å². The Morgan fingerprint density at radius 1 is 1.30 bits per heavy atom. The Balaban J connectivity index is 2.03. The number of nitrogens with one attached hydrogen (secondary N) is 3. The second kappa shape index (κ2) is 5.93. The highest BCUT2D eigenvalue weighted by atomic mass is 32.1. The molecule has 1 aromatic heterocycles. The first-order valence-electron chi connectivity index (χ1n) is 5.80. The van der Waals surface area contributed by atoms with Crippen molar-refractivity contribution in [2.24, 2.45) is 0 Å². The number of aromatic amines is 1. The summed E-state index contributed by atoms with van der Waals surface area (Å²) < 4.78 is 1.85. The van der Waals surface area contributed by atoms with E-state index in [1.807, 2.05) is 19.1 Å². The first-order chi connectivity index (χ1) is 9.47. The summed E-state index contributed by atoms with van der Waals surface area (Å²) in [5.41, 5.74) is 4.41. The van der Waals surface area contributed by atoms with Crippen LogP contribution in [-0.2, 0) is 0 Å². The molecule has 0 saturated carbocycles. The van der Waals surface area contributed by atoms with Gasteiger partial charge in [-0.3, -0.25) is 20.6 Å². The van der Waals surface area contributed by atoms with Crippen LogP contribution in [0, 0.1) is 18.6 Å². The number of carbonyl (C=O) groups excluding carboxylic acids is 1. The smallest absolute Gasteiger partial charge is 0.257 e. The number of aromatic nitrogens is 3. The average Bonchev–Trinajstić information content (AvgIpc) is 2.71. The Hall–Kier alpha value is -2.06. The van der Waals surface area contributed by atoms with E-state index in [0.717, 1.165) is 5.56 Å². The summed E-state index contributed by atoms with van der Waals surface area (Å²) >= 11 is 10.1. The fraction of sp³-hybridized carbons (Fsp3) is 0.167. The van der Waals surface area contributed by atoms with Crippen LogP contribution in [0.15, 0.2) is 24.3 Å². The first-order valence-corrected chi connectivity index (χ1v) is 6.62. The van der Waals surface area contributed by atoms with E-state index in [1.54, 1.807) is 19.1 Å². The molecule has 0 bridgehead atoms. The van der Waals surface area contributed by atoms with Gasteiger partial charge in [-0.25, -0.2) is 4.68 Å². The van der Waals surface area contributed by atoms with Crippen molar-refractivity contribution in [1.29, 1.82) is 0 Å². The maximum absolute atomic E-state index is 12.0. The molecule has 0 unspecified atom stereocenters. The highest BCUT2D eigenvalue weighted by molar-refractivity contribution is 7.80. The fourth-order valence-electron chi connectivity index (χ4n) is 1.52. The largest absolute Gasteiger partial charge is 0.298 e. The predicted octanol–water partition coefficient (Wildman–Crippen LogP) is 1.82. The average molecular weight is 307 g/mol. The molecule has 0 atom stereocenters. The van der Waals surface area contributed by atoms with Crippen LogP contribution < -0.4 is 10.7 Å². The van der Waals surface area contributed by atoms with Gasteiger partial charge in [0.05, 0.1) is 0 Å². The molecule has 1 heterocycles. The maximum atomic E-state index is 12.0. The quantitative estimate of drug-likeness (QED) is 0.738. The molecule has 0 aliphatic heterocycles. The number of hydrogen-bond acceptors (Lipinski definition) is 4. The topological polar surface area (TPSA) is 74.7 Å². The van der Waals surface area contributed by atoms with Crippen molar-refractivity contribution in [3.63, 3.8) is 0 Å². The standard InChI is InChI=1S/C12H13N5OS2/c1-7-3-5-9(6-4-7)10(18)13-11(19)16-17-8(2)14-15-12(17)20/h3-6H,1-2H3,(H,15,20)(H2,13,16,18,19). The van der Waals surface area contributed by atoms with Crippen LogP contribution in [0.5, 0.6) is 0 Å². The number of benzene rings is 1. The molecule has 0 aliphatic carbocycles. The van der Waals surface area contributed by atoms with Crippen LogP contribution in [0.25, 0.3) is 0 Å². The molecule has 0 radical (unpaired) electrons. The van der Waals surface area contributed by atoms with Gasteiger partial charge in [-0.1, -0.05) is 17.7 Å². The number of amides is 1. The van der Waals surface area contributed by atoms with Crippen molar-refractivity contribution in [2.45, 2.75) is 13.8 Å². The molecule has 6 nitrogen and oxygen atoms in total. The molecular weight excluding hydrogens is 294 g/mol. The van der Waals surface area contributed by atoms with Gasteiger partial charge in [-0.2, -0.15) is 5.10 Å². The molecule has 2 rings (SSSR count). The third-order valence-electron chi connectivity index (χ3n) is 2.59. The third kappa shape index (κ3) is 3.28. The lowest BCUT2D eigenvalue weighted by atomic mass is 10.1. The molecule has 0 aliphatic rings. The Kier molecular flexibility index (Phi) is 4.26. The number of aryl methyl sites for hydroxylation is 2. The summed E-state index contributed by atoms with van der Waals surface area (Å²) in [6.45, 7) is 3.71. The Morgan fingerprint density at radius 2 is 1.95 bits per heavy atom. The van der Waals surface area contributed by atoms with E-state index < -0.39 is 0 Å². The summed E-state index contributed by atoms with van der Waals surface area (Å²) in [6, 6.07) is 7.20. The van der Waals surface area contributed by atoms with E-state index in [9.17, 15) is 4.79 Å². The monoisotopic (exact) mass is 307 g/mol. The molecule has 104 valence electrons. The van der Waals surface area contributed by atoms with Gasteiger partial charge < -0.3 is 0 Å². The molecule has 0 saturated heterocycles. The van der Waals surface area contributed by atoms with E-state index in [0.29, 0.717) is 16.2 Å². The summed E-state index contributed by atoms with van der Waals surface area (Å²) in [5, 5.41) is 9.27. The third-order valence-corrected chi connectivity index (χ3v) is 3.06. The molecule has 0 spiro atoms. The highest BCUT2D eigenvalue weighted by Gasteiger charge is 2.09. The van der Waals surface area contributed by atoms with E-state index in [2.05, 4.69) is 20.9 Å². The number of nitrogens with zero attached hydrogens (tertiary/aromatic N) is 2. The maximum Gasteiger partial charge on any atom is 0.257 e. The van der Waals surface area contributed by atoms with Crippen molar-refractivity contribution in [3.8, 4) is 0 Å². The highest BCUT2D eigenvalue weighted by Crippen LogP contribution is 2.02. The van der Waals surface area contributed by atoms with Gasteiger partial charge in [0.2, 0.25) is 4.77 Å². The lowest BCUT2D eigenvalue weighted by Crippen LogP contribution is -2.38. The van der Waals surface area contributed by atoms with Crippen molar-refractivity contribution >= 4 is 35.5 Å². The minimum absolute atomic E-state index is 0.149. The number of H-pyrrole nitrogens is 1. The summed E-state index contributed by atoms with van der Waals surface area (Å²) in [5.74, 6) is 0.331.